The number of hydrogen-bond acceptors (Lipinski definition) is 3. The first-order chi connectivity index (χ1) is 9.60. The van der Waals surface area contributed by atoms with Crippen molar-refractivity contribution in [2.45, 2.75) is 43.2 Å². The largest absolute Gasteiger partial charge is 0.481 e. The minimum atomic E-state index is -0.682. The van der Waals surface area contributed by atoms with E-state index < -0.39 is 5.97 Å². The summed E-state index contributed by atoms with van der Waals surface area (Å²) in [5, 5.41) is 12.4. The zero-order valence-electron chi connectivity index (χ0n) is 11.6. The van der Waals surface area contributed by atoms with E-state index in [0.29, 0.717) is 12.6 Å². The normalized spacial score (nSPS) is 22.7. The van der Waals surface area contributed by atoms with E-state index in [1.165, 1.54) is 6.07 Å². The van der Waals surface area contributed by atoms with Gasteiger partial charge in [0.05, 0.1) is 5.92 Å². The van der Waals surface area contributed by atoms with Crippen molar-refractivity contribution in [1.29, 1.82) is 0 Å². The second-order valence-electron chi connectivity index (χ2n) is 5.22. The Bertz CT molecular complexity index is 473. The summed E-state index contributed by atoms with van der Waals surface area (Å²) in [4.78, 5) is 12.0. The van der Waals surface area contributed by atoms with Gasteiger partial charge in [0.25, 0.3) is 0 Å². The number of carboxylic acids is 1. The number of aliphatic carboxylic acids is 1. The molecule has 1 aromatic rings. The number of rotatable bonds is 5. The Kier molecular flexibility index (Phi) is 5.43. The predicted molar refractivity (Wildman–Crippen MR) is 78.4 cm³/mol. The van der Waals surface area contributed by atoms with Crippen LogP contribution in [0.25, 0.3) is 0 Å². The summed E-state index contributed by atoms with van der Waals surface area (Å²) in [6.07, 6.45) is 5.19. The lowest BCUT2D eigenvalue weighted by Crippen LogP contribution is -2.34. The van der Waals surface area contributed by atoms with Crippen molar-refractivity contribution in [3.63, 3.8) is 0 Å². The Morgan fingerprint density at radius 3 is 2.70 bits per heavy atom. The highest BCUT2D eigenvalue weighted by Crippen LogP contribution is 2.26. The quantitative estimate of drug-likeness (QED) is 0.819. The molecule has 1 fully saturated rings. The molecule has 1 aromatic carbocycles. The molecule has 0 radical (unpaired) electrons. The molecule has 0 heterocycles. The van der Waals surface area contributed by atoms with E-state index in [2.05, 4.69) is 5.32 Å². The summed E-state index contributed by atoms with van der Waals surface area (Å²) in [7, 11) is 0. The lowest BCUT2D eigenvalue weighted by molar-refractivity contribution is -0.142. The second-order valence-corrected chi connectivity index (χ2v) is 6.07. The van der Waals surface area contributed by atoms with Crippen LogP contribution in [0, 0.1) is 11.7 Å². The van der Waals surface area contributed by atoms with Gasteiger partial charge in [-0.25, -0.2) is 4.39 Å². The molecule has 1 aliphatic rings. The van der Waals surface area contributed by atoms with Gasteiger partial charge in [0, 0.05) is 17.5 Å². The monoisotopic (exact) mass is 297 g/mol. The maximum absolute atomic E-state index is 13.3. The molecular formula is C15H20FNO2S. The fourth-order valence-electron chi connectivity index (χ4n) is 2.68. The third-order valence-corrected chi connectivity index (χ3v) is 4.74. The number of benzene rings is 1. The highest BCUT2D eigenvalue weighted by molar-refractivity contribution is 7.98. The lowest BCUT2D eigenvalue weighted by Gasteiger charge is -2.27. The first-order valence-corrected chi connectivity index (χ1v) is 8.11. The van der Waals surface area contributed by atoms with E-state index in [-0.39, 0.29) is 11.7 Å². The van der Waals surface area contributed by atoms with Gasteiger partial charge in [0.1, 0.15) is 5.82 Å². The van der Waals surface area contributed by atoms with Crippen LogP contribution in [0.2, 0.25) is 0 Å². The number of halogens is 1. The second kappa shape index (κ2) is 7.09. The Balaban J connectivity index is 1.87. The number of hydrogen-bond donors (Lipinski definition) is 2. The Morgan fingerprint density at radius 1 is 1.40 bits per heavy atom. The van der Waals surface area contributed by atoms with Crippen LogP contribution in [0.1, 0.15) is 31.2 Å². The van der Waals surface area contributed by atoms with Gasteiger partial charge in [0.15, 0.2) is 0 Å². The van der Waals surface area contributed by atoms with Crippen LogP contribution in [-0.2, 0) is 11.3 Å². The molecule has 0 amide bonds. The number of thioether (sulfide) groups is 1. The van der Waals surface area contributed by atoms with Crippen LogP contribution >= 0.6 is 11.8 Å². The van der Waals surface area contributed by atoms with Gasteiger partial charge in [-0.3, -0.25) is 4.79 Å². The summed E-state index contributed by atoms with van der Waals surface area (Å²) in [5.41, 5.74) is 0.970. The van der Waals surface area contributed by atoms with Crippen LogP contribution in [0.4, 0.5) is 4.39 Å². The molecule has 110 valence electrons. The standard InChI is InChI=1S/C15H20FNO2S/c1-20-14-7-4-12(16)8-11(14)9-17-13-5-2-10(3-6-13)15(18)19/h4,7-8,10,13,17H,2-3,5-6,9H2,1H3,(H,18,19). The van der Waals surface area contributed by atoms with E-state index in [4.69, 9.17) is 5.11 Å². The molecule has 0 spiro atoms. The minimum Gasteiger partial charge on any atom is -0.481 e. The van der Waals surface area contributed by atoms with Gasteiger partial charge in [0.2, 0.25) is 0 Å². The van der Waals surface area contributed by atoms with Crippen LogP contribution in [-0.4, -0.2) is 23.4 Å². The van der Waals surface area contributed by atoms with Crippen molar-refractivity contribution in [2.75, 3.05) is 6.26 Å². The van der Waals surface area contributed by atoms with Gasteiger partial charge >= 0.3 is 5.97 Å². The van der Waals surface area contributed by atoms with E-state index >= 15 is 0 Å². The first-order valence-electron chi connectivity index (χ1n) is 6.88. The average molecular weight is 297 g/mol. The molecule has 1 saturated carbocycles. The summed E-state index contributed by atoms with van der Waals surface area (Å²) in [5.74, 6) is -1.09. The van der Waals surface area contributed by atoms with Crippen LogP contribution in [0.5, 0.6) is 0 Å². The predicted octanol–water partition coefficient (Wildman–Crippen LogP) is 3.28. The van der Waals surface area contributed by atoms with Gasteiger partial charge < -0.3 is 10.4 Å². The van der Waals surface area contributed by atoms with Crippen molar-refractivity contribution in [2.24, 2.45) is 5.92 Å². The zero-order valence-corrected chi connectivity index (χ0v) is 12.4. The molecule has 0 saturated heterocycles. The zero-order chi connectivity index (χ0) is 14.5. The molecule has 0 unspecified atom stereocenters. The van der Waals surface area contributed by atoms with Crippen molar-refractivity contribution in [1.82, 2.24) is 5.32 Å². The van der Waals surface area contributed by atoms with Crippen molar-refractivity contribution < 1.29 is 14.3 Å². The van der Waals surface area contributed by atoms with Gasteiger partial charge in [-0.05, 0) is 55.7 Å². The maximum atomic E-state index is 13.3. The lowest BCUT2D eigenvalue weighted by atomic mass is 9.86. The van der Waals surface area contributed by atoms with Crippen molar-refractivity contribution >= 4 is 17.7 Å². The molecule has 2 N–H and O–H groups in total. The molecule has 20 heavy (non-hydrogen) atoms. The van der Waals surface area contributed by atoms with Crippen LogP contribution in [0.3, 0.4) is 0 Å². The van der Waals surface area contributed by atoms with Crippen molar-refractivity contribution in [3.8, 4) is 0 Å². The maximum Gasteiger partial charge on any atom is 0.306 e. The summed E-state index contributed by atoms with van der Waals surface area (Å²) in [6.45, 7) is 0.635. The van der Waals surface area contributed by atoms with Gasteiger partial charge in [-0.1, -0.05) is 0 Å². The molecule has 3 nitrogen and oxygen atoms in total. The SMILES string of the molecule is CSc1ccc(F)cc1CNC1CCC(C(=O)O)CC1. The van der Waals surface area contributed by atoms with Crippen LogP contribution < -0.4 is 5.32 Å². The van der Waals surface area contributed by atoms with E-state index in [1.54, 1.807) is 23.9 Å². The summed E-state index contributed by atoms with van der Waals surface area (Å²) < 4.78 is 13.3. The Labute approximate surface area is 123 Å². The molecule has 0 aromatic heterocycles. The van der Waals surface area contributed by atoms with Gasteiger partial charge in [-0.15, -0.1) is 11.8 Å². The Morgan fingerprint density at radius 2 is 2.10 bits per heavy atom. The van der Waals surface area contributed by atoms with E-state index in [1.807, 2.05) is 6.26 Å². The molecule has 0 atom stereocenters. The Hall–Kier alpha value is -1.07. The molecule has 1 aliphatic carbocycles. The van der Waals surface area contributed by atoms with Crippen molar-refractivity contribution in [3.05, 3.63) is 29.6 Å². The first kappa shape index (κ1) is 15.3. The highest BCUT2D eigenvalue weighted by Gasteiger charge is 2.25. The highest BCUT2D eigenvalue weighted by atomic mass is 32.2. The van der Waals surface area contributed by atoms with E-state index in [9.17, 15) is 9.18 Å². The third-order valence-electron chi connectivity index (χ3n) is 3.90. The topological polar surface area (TPSA) is 49.3 Å². The number of nitrogens with one attached hydrogen (secondary N) is 1. The molecule has 0 bridgehead atoms. The minimum absolute atomic E-state index is 0.191. The smallest absolute Gasteiger partial charge is 0.306 e. The summed E-state index contributed by atoms with van der Waals surface area (Å²) >= 11 is 1.61. The molecule has 2 rings (SSSR count). The number of carbonyl (C=O) groups is 1. The third kappa shape index (κ3) is 3.96. The fraction of sp³-hybridized carbons (Fsp3) is 0.533. The van der Waals surface area contributed by atoms with Crippen LogP contribution in [0.15, 0.2) is 23.1 Å². The molecular weight excluding hydrogens is 277 g/mol. The molecule has 5 heteroatoms. The fourth-order valence-corrected chi connectivity index (χ4v) is 3.28. The van der Waals surface area contributed by atoms with Gasteiger partial charge in [-0.2, -0.15) is 0 Å². The summed E-state index contributed by atoms with van der Waals surface area (Å²) in [6, 6.07) is 5.19. The average Bonchev–Trinajstić information content (AvgIpc) is 2.45. The number of carboxylic acid groups (broad SMARTS) is 1. The van der Waals surface area contributed by atoms with E-state index in [0.717, 1.165) is 36.1 Å². The molecule has 0 aliphatic heterocycles.